The average Bonchev–Trinajstić information content (AvgIpc) is 3.07. The fourth-order valence-electron chi connectivity index (χ4n) is 3.10. The maximum Gasteiger partial charge on any atom is 0.219 e. The van der Waals surface area contributed by atoms with Crippen LogP contribution in [0.2, 0.25) is 5.02 Å². The first-order valence-electron chi connectivity index (χ1n) is 8.34. The average molecular weight is 372 g/mol. The van der Waals surface area contributed by atoms with Crippen molar-refractivity contribution in [3.63, 3.8) is 0 Å². The molecule has 26 heavy (non-hydrogen) atoms. The highest BCUT2D eigenvalue weighted by molar-refractivity contribution is 6.30. The molecule has 2 aromatic heterocycles. The van der Waals surface area contributed by atoms with Gasteiger partial charge in [0.2, 0.25) is 5.91 Å². The lowest BCUT2D eigenvalue weighted by molar-refractivity contribution is -0.129. The van der Waals surface area contributed by atoms with Crippen molar-refractivity contribution >= 4 is 45.9 Å². The SMILES string of the molecule is CC(=O)N1CCN(c2n[nH]c3ncnc(Nc4cccc(Cl)c4)c23)CC1. The van der Waals surface area contributed by atoms with Gasteiger partial charge in [0.25, 0.3) is 0 Å². The van der Waals surface area contributed by atoms with Crippen LogP contribution in [-0.4, -0.2) is 57.2 Å². The zero-order chi connectivity index (χ0) is 18.1. The third-order valence-electron chi connectivity index (χ3n) is 4.45. The van der Waals surface area contributed by atoms with Gasteiger partial charge in [0.15, 0.2) is 11.5 Å². The van der Waals surface area contributed by atoms with Crippen molar-refractivity contribution in [2.24, 2.45) is 0 Å². The van der Waals surface area contributed by atoms with Crippen LogP contribution in [-0.2, 0) is 4.79 Å². The van der Waals surface area contributed by atoms with E-state index >= 15 is 0 Å². The maximum absolute atomic E-state index is 11.5. The molecule has 1 saturated heterocycles. The summed E-state index contributed by atoms with van der Waals surface area (Å²) in [5.74, 6) is 1.55. The molecule has 0 saturated carbocycles. The predicted octanol–water partition coefficient (Wildman–Crippen LogP) is 2.42. The second-order valence-electron chi connectivity index (χ2n) is 6.12. The Morgan fingerprint density at radius 3 is 2.77 bits per heavy atom. The second-order valence-corrected chi connectivity index (χ2v) is 6.56. The highest BCUT2D eigenvalue weighted by Gasteiger charge is 2.24. The molecular weight excluding hydrogens is 354 g/mol. The highest BCUT2D eigenvalue weighted by Crippen LogP contribution is 2.31. The summed E-state index contributed by atoms with van der Waals surface area (Å²) in [6.07, 6.45) is 1.49. The quantitative estimate of drug-likeness (QED) is 0.734. The Bertz CT molecular complexity index is 949. The van der Waals surface area contributed by atoms with E-state index in [2.05, 4.69) is 30.4 Å². The normalized spacial score (nSPS) is 14.7. The first-order chi connectivity index (χ1) is 12.6. The van der Waals surface area contributed by atoms with Gasteiger partial charge in [0.05, 0.1) is 0 Å². The van der Waals surface area contributed by atoms with Crippen LogP contribution in [0.15, 0.2) is 30.6 Å². The number of piperazine rings is 1. The molecule has 0 unspecified atom stereocenters. The number of H-pyrrole nitrogens is 1. The first kappa shape index (κ1) is 16.6. The Balaban J connectivity index is 1.66. The summed E-state index contributed by atoms with van der Waals surface area (Å²) in [5, 5.41) is 12.2. The van der Waals surface area contributed by atoms with Gasteiger partial charge in [-0.1, -0.05) is 17.7 Å². The van der Waals surface area contributed by atoms with E-state index in [0.717, 1.165) is 16.9 Å². The molecule has 8 nitrogen and oxygen atoms in total. The fourth-order valence-corrected chi connectivity index (χ4v) is 3.29. The molecule has 4 rings (SSSR count). The molecule has 1 aromatic carbocycles. The summed E-state index contributed by atoms with van der Waals surface area (Å²) >= 11 is 6.07. The maximum atomic E-state index is 11.5. The molecule has 134 valence electrons. The minimum Gasteiger partial charge on any atom is -0.351 e. The van der Waals surface area contributed by atoms with E-state index in [9.17, 15) is 4.79 Å². The van der Waals surface area contributed by atoms with Crippen LogP contribution in [0.3, 0.4) is 0 Å². The monoisotopic (exact) mass is 371 g/mol. The number of hydrogen-bond donors (Lipinski definition) is 2. The number of carbonyl (C=O) groups is 1. The lowest BCUT2D eigenvalue weighted by atomic mass is 10.2. The predicted molar refractivity (Wildman–Crippen MR) is 101 cm³/mol. The number of halogens is 1. The Morgan fingerprint density at radius 2 is 2.04 bits per heavy atom. The number of rotatable bonds is 3. The Hall–Kier alpha value is -2.87. The van der Waals surface area contributed by atoms with Gasteiger partial charge >= 0.3 is 0 Å². The van der Waals surface area contributed by atoms with Gasteiger partial charge in [-0.3, -0.25) is 9.89 Å². The Labute approximate surface area is 155 Å². The summed E-state index contributed by atoms with van der Waals surface area (Å²) in [5.41, 5.74) is 1.50. The summed E-state index contributed by atoms with van der Waals surface area (Å²) in [6.45, 7) is 4.37. The minimum absolute atomic E-state index is 0.100. The highest BCUT2D eigenvalue weighted by atomic mass is 35.5. The standard InChI is InChI=1S/C17H18ClN7O/c1-11(26)24-5-7-25(8-6-24)17-14-15(19-10-20-16(14)22-23-17)21-13-4-2-3-12(18)9-13/h2-4,9-10H,5-8H2,1H3,(H2,19,20,21,22,23). The largest absolute Gasteiger partial charge is 0.351 e. The van der Waals surface area contributed by atoms with Crippen LogP contribution in [0.5, 0.6) is 0 Å². The molecule has 2 N–H and O–H groups in total. The molecule has 0 spiro atoms. The molecule has 1 aliphatic rings. The molecule has 1 aliphatic heterocycles. The second kappa shape index (κ2) is 6.80. The van der Waals surface area contributed by atoms with Crippen LogP contribution < -0.4 is 10.2 Å². The van der Waals surface area contributed by atoms with E-state index in [1.54, 1.807) is 6.92 Å². The lowest BCUT2D eigenvalue weighted by Gasteiger charge is -2.34. The number of nitrogens with one attached hydrogen (secondary N) is 2. The van der Waals surface area contributed by atoms with Crippen molar-refractivity contribution in [1.29, 1.82) is 0 Å². The minimum atomic E-state index is 0.100. The van der Waals surface area contributed by atoms with Crippen LogP contribution in [0.1, 0.15) is 6.92 Å². The lowest BCUT2D eigenvalue weighted by Crippen LogP contribution is -2.48. The summed E-state index contributed by atoms with van der Waals surface area (Å²) < 4.78 is 0. The zero-order valence-electron chi connectivity index (χ0n) is 14.2. The molecular formula is C17H18ClN7O. The van der Waals surface area contributed by atoms with E-state index in [4.69, 9.17) is 11.6 Å². The van der Waals surface area contributed by atoms with Crippen molar-refractivity contribution in [2.75, 3.05) is 36.4 Å². The smallest absolute Gasteiger partial charge is 0.219 e. The molecule has 9 heteroatoms. The number of benzene rings is 1. The van der Waals surface area contributed by atoms with Crippen molar-refractivity contribution in [3.8, 4) is 0 Å². The number of fused-ring (bicyclic) bond motifs is 1. The number of hydrogen-bond acceptors (Lipinski definition) is 6. The number of aromatic nitrogens is 4. The van der Waals surface area contributed by atoms with Gasteiger partial charge < -0.3 is 15.1 Å². The van der Waals surface area contributed by atoms with Gasteiger partial charge in [-0.25, -0.2) is 9.97 Å². The molecule has 1 amide bonds. The summed E-state index contributed by atoms with van der Waals surface area (Å²) in [4.78, 5) is 24.2. The van der Waals surface area contributed by atoms with Gasteiger partial charge in [-0.15, -0.1) is 0 Å². The van der Waals surface area contributed by atoms with Crippen LogP contribution in [0, 0.1) is 0 Å². The van der Waals surface area contributed by atoms with Crippen LogP contribution >= 0.6 is 11.6 Å². The van der Waals surface area contributed by atoms with Crippen molar-refractivity contribution in [2.45, 2.75) is 6.92 Å². The van der Waals surface area contributed by atoms with Gasteiger partial charge in [0, 0.05) is 43.8 Å². The Kier molecular flexibility index (Phi) is 4.34. The molecule has 3 heterocycles. The summed E-state index contributed by atoms with van der Waals surface area (Å²) in [7, 11) is 0. The van der Waals surface area contributed by atoms with E-state index in [-0.39, 0.29) is 5.91 Å². The van der Waals surface area contributed by atoms with Gasteiger partial charge in [-0.2, -0.15) is 5.10 Å². The third kappa shape index (κ3) is 3.15. The van der Waals surface area contributed by atoms with Crippen LogP contribution in [0.4, 0.5) is 17.3 Å². The number of amides is 1. The number of carbonyl (C=O) groups excluding carboxylic acids is 1. The molecule has 3 aromatic rings. The third-order valence-corrected chi connectivity index (χ3v) is 4.69. The molecule has 0 bridgehead atoms. The van der Waals surface area contributed by atoms with Gasteiger partial charge in [0.1, 0.15) is 17.5 Å². The van der Waals surface area contributed by atoms with E-state index in [1.807, 2.05) is 29.2 Å². The Morgan fingerprint density at radius 1 is 1.23 bits per heavy atom. The number of anilines is 3. The topological polar surface area (TPSA) is 90.0 Å². The number of aromatic amines is 1. The van der Waals surface area contributed by atoms with Gasteiger partial charge in [-0.05, 0) is 18.2 Å². The van der Waals surface area contributed by atoms with E-state index < -0.39 is 0 Å². The van der Waals surface area contributed by atoms with Crippen molar-refractivity contribution in [1.82, 2.24) is 25.1 Å². The summed E-state index contributed by atoms with van der Waals surface area (Å²) in [6, 6.07) is 7.45. The molecule has 1 fully saturated rings. The first-order valence-corrected chi connectivity index (χ1v) is 8.72. The molecule has 0 radical (unpaired) electrons. The van der Waals surface area contributed by atoms with E-state index in [1.165, 1.54) is 6.33 Å². The molecule has 0 atom stereocenters. The fraction of sp³-hybridized carbons (Fsp3) is 0.294. The van der Waals surface area contributed by atoms with Crippen LogP contribution in [0.25, 0.3) is 11.0 Å². The van der Waals surface area contributed by atoms with E-state index in [0.29, 0.717) is 42.7 Å². The number of nitrogens with zero attached hydrogens (tertiary/aromatic N) is 5. The molecule has 0 aliphatic carbocycles. The van der Waals surface area contributed by atoms with Crippen molar-refractivity contribution in [3.05, 3.63) is 35.6 Å². The van der Waals surface area contributed by atoms with Crippen molar-refractivity contribution < 1.29 is 4.79 Å². The zero-order valence-corrected chi connectivity index (χ0v) is 15.0.